The molecule has 1 aliphatic heterocycles. The van der Waals surface area contributed by atoms with E-state index in [9.17, 15) is 9.59 Å². The van der Waals surface area contributed by atoms with E-state index in [0.29, 0.717) is 28.5 Å². The van der Waals surface area contributed by atoms with Gasteiger partial charge < -0.3 is 9.47 Å². The van der Waals surface area contributed by atoms with Crippen LogP contribution in [0.15, 0.2) is 60.4 Å². The number of halogens is 1. The summed E-state index contributed by atoms with van der Waals surface area (Å²) in [6, 6.07) is 12.1. The first-order valence-electron chi connectivity index (χ1n) is 14.3. The van der Waals surface area contributed by atoms with Crippen LogP contribution in [0.5, 0.6) is 11.5 Å². The van der Waals surface area contributed by atoms with E-state index in [1.165, 1.54) is 57.8 Å². The average Bonchev–Trinajstić information content (AvgIpc) is 3.20. The lowest BCUT2D eigenvalue weighted by Crippen LogP contribution is -2.07. The SMILES string of the molecule is CCCCCCCC/C=C\CCCCCCCC(=O)Oc1ccc2c(c1)C(=O)/C(=C/c1cccc(Cl)c1)O2. The minimum atomic E-state index is -0.274. The van der Waals surface area contributed by atoms with Crippen LogP contribution in [0.1, 0.15) is 113 Å². The van der Waals surface area contributed by atoms with Crippen LogP contribution in [0.4, 0.5) is 0 Å². The van der Waals surface area contributed by atoms with Gasteiger partial charge in [-0.05, 0) is 74.1 Å². The zero-order valence-electron chi connectivity index (χ0n) is 22.7. The highest BCUT2D eigenvalue weighted by Gasteiger charge is 2.28. The van der Waals surface area contributed by atoms with Gasteiger partial charge in [-0.3, -0.25) is 9.59 Å². The number of unbranched alkanes of at least 4 members (excludes halogenated alkanes) is 11. The molecule has 3 rings (SSSR count). The summed E-state index contributed by atoms with van der Waals surface area (Å²) >= 11 is 6.03. The standard InChI is InChI=1S/C33H41ClO4/c1-2-3-4-5-6-7-8-9-10-11-12-13-14-15-16-20-32(35)37-28-21-22-30-29(25-28)33(36)31(38-30)24-26-18-17-19-27(34)23-26/h9-10,17-19,21-25H,2-8,11-16,20H2,1H3/b10-9-,31-24-. The maximum atomic E-state index is 12.8. The van der Waals surface area contributed by atoms with E-state index in [-0.39, 0.29) is 17.5 Å². The third-order valence-corrected chi connectivity index (χ3v) is 6.90. The number of hydrogen-bond donors (Lipinski definition) is 0. The number of rotatable bonds is 17. The van der Waals surface area contributed by atoms with Crippen LogP contribution in [0.3, 0.4) is 0 Å². The fourth-order valence-electron chi connectivity index (χ4n) is 4.50. The zero-order chi connectivity index (χ0) is 27.0. The highest BCUT2D eigenvalue weighted by Crippen LogP contribution is 2.34. The summed E-state index contributed by atoms with van der Waals surface area (Å²) in [6.45, 7) is 2.26. The number of carbonyl (C=O) groups is 2. The van der Waals surface area contributed by atoms with Gasteiger partial charge in [0.1, 0.15) is 11.5 Å². The van der Waals surface area contributed by atoms with E-state index in [1.807, 2.05) is 12.1 Å². The molecule has 2 aromatic carbocycles. The smallest absolute Gasteiger partial charge is 0.311 e. The van der Waals surface area contributed by atoms with Gasteiger partial charge in [-0.2, -0.15) is 0 Å². The number of carbonyl (C=O) groups excluding carboxylic acids is 2. The Morgan fingerprint density at radius 1 is 0.868 bits per heavy atom. The average molecular weight is 537 g/mol. The number of allylic oxidation sites excluding steroid dienone is 3. The Morgan fingerprint density at radius 3 is 2.26 bits per heavy atom. The predicted octanol–water partition coefficient (Wildman–Crippen LogP) is 9.90. The second-order valence-electron chi connectivity index (χ2n) is 9.96. The number of fused-ring (bicyclic) bond motifs is 1. The van der Waals surface area contributed by atoms with E-state index < -0.39 is 0 Å². The summed E-state index contributed by atoms with van der Waals surface area (Å²) in [7, 11) is 0. The fourth-order valence-corrected chi connectivity index (χ4v) is 4.70. The number of ether oxygens (including phenoxy) is 2. The van der Waals surface area contributed by atoms with Crippen molar-refractivity contribution in [1.82, 2.24) is 0 Å². The van der Waals surface area contributed by atoms with Crippen LogP contribution in [-0.2, 0) is 4.79 Å². The lowest BCUT2D eigenvalue weighted by Gasteiger charge is -2.05. The molecular weight excluding hydrogens is 496 g/mol. The lowest BCUT2D eigenvalue weighted by molar-refractivity contribution is -0.134. The Balaban J connectivity index is 1.28. The van der Waals surface area contributed by atoms with Crippen molar-refractivity contribution in [3.63, 3.8) is 0 Å². The Bertz CT molecular complexity index is 1100. The molecule has 0 fully saturated rings. The maximum Gasteiger partial charge on any atom is 0.311 e. The molecule has 4 nitrogen and oxygen atoms in total. The molecule has 1 heterocycles. The normalized spacial score (nSPS) is 13.7. The summed E-state index contributed by atoms with van der Waals surface area (Å²) in [5, 5.41) is 0.586. The van der Waals surface area contributed by atoms with Gasteiger partial charge >= 0.3 is 5.97 Å². The van der Waals surface area contributed by atoms with Crippen LogP contribution >= 0.6 is 11.6 Å². The molecule has 0 aromatic heterocycles. The van der Waals surface area contributed by atoms with Crippen LogP contribution in [0, 0.1) is 0 Å². The molecule has 38 heavy (non-hydrogen) atoms. The predicted molar refractivity (Wildman–Crippen MR) is 156 cm³/mol. The van der Waals surface area contributed by atoms with Crippen molar-refractivity contribution in [1.29, 1.82) is 0 Å². The highest BCUT2D eigenvalue weighted by molar-refractivity contribution is 6.30. The van der Waals surface area contributed by atoms with Gasteiger partial charge in [-0.1, -0.05) is 94.2 Å². The fraction of sp³-hybridized carbons (Fsp3) is 0.455. The van der Waals surface area contributed by atoms with Gasteiger partial charge in [0.15, 0.2) is 5.76 Å². The van der Waals surface area contributed by atoms with Crippen molar-refractivity contribution in [2.24, 2.45) is 0 Å². The van der Waals surface area contributed by atoms with Gasteiger partial charge in [0, 0.05) is 11.4 Å². The highest BCUT2D eigenvalue weighted by atomic mass is 35.5. The Morgan fingerprint density at radius 2 is 1.55 bits per heavy atom. The monoisotopic (exact) mass is 536 g/mol. The summed E-state index contributed by atoms with van der Waals surface area (Å²) < 4.78 is 11.2. The molecule has 0 atom stereocenters. The molecule has 0 saturated heterocycles. The number of hydrogen-bond acceptors (Lipinski definition) is 4. The Hall–Kier alpha value is -2.85. The molecule has 0 N–H and O–H groups in total. The van der Waals surface area contributed by atoms with Gasteiger partial charge in [-0.15, -0.1) is 0 Å². The topological polar surface area (TPSA) is 52.6 Å². The number of esters is 1. The molecule has 0 spiro atoms. The van der Waals surface area contributed by atoms with Crippen LogP contribution in [0.2, 0.25) is 5.02 Å². The molecule has 0 unspecified atom stereocenters. The number of benzene rings is 2. The molecule has 1 aliphatic rings. The first-order chi connectivity index (χ1) is 18.6. The van der Waals surface area contributed by atoms with Gasteiger partial charge in [0.05, 0.1) is 5.56 Å². The van der Waals surface area contributed by atoms with Crippen molar-refractivity contribution < 1.29 is 19.1 Å². The first-order valence-corrected chi connectivity index (χ1v) is 14.6. The Kier molecular flexibility index (Phi) is 13.2. The molecule has 5 heteroatoms. The largest absolute Gasteiger partial charge is 0.452 e. The quantitative estimate of drug-likeness (QED) is 0.0663. The van der Waals surface area contributed by atoms with Crippen molar-refractivity contribution >= 4 is 29.4 Å². The third kappa shape index (κ3) is 10.5. The van der Waals surface area contributed by atoms with Gasteiger partial charge in [0.25, 0.3) is 0 Å². The lowest BCUT2D eigenvalue weighted by atomic mass is 10.1. The second kappa shape index (κ2) is 16.9. The molecule has 0 bridgehead atoms. The molecule has 0 radical (unpaired) electrons. The minimum absolute atomic E-state index is 0.221. The van der Waals surface area contributed by atoms with Crippen molar-refractivity contribution in [2.75, 3.05) is 0 Å². The second-order valence-corrected chi connectivity index (χ2v) is 10.4. The maximum absolute atomic E-state index is 12.8. The molecule has 0 saturated carbocycles. The Labute approximate surface area is 233 Å². The van der Waals surface area contributed by atoms with E-state index in [0.717, 1.165) is 31.2 Å². The zero-order valence-corrected chi connectivity index (χ0v) is 23.4. The van der Waals surface area contributed by atoms with Gasteiger partial charge in [-0.25, -0.2) is 0 Å². The molecule has 0 aliphatic carbocycles. The van der Waals surface area contributed by atoms with Crippen LogP contribution in [0.25, 0.3) is 6.08 Å². The van der Waals surface area contributed by atoms with Crippen molar-refractivity contribution in [3.8, 4) is 11.5 Å². The minimum Gasteiger partial charge on any atom is -0.452 e. The number of ketones is 1. The molecule has 2 aromatic rings. The summed E-state index contributed by atoms with van der Waals surface area (Å²) in [5.41, 5.74) is 1.17. The summed E-state index contributed by atoms with van der Waals surface area (Å²) in [5.74, 6) is 0.528. The van der Waals surface area contributed by atoms with Crippen molar-refractivity contribution in [3.05, 3.63) is 76.5 Å². The molecular formula is C33H41ClO4. The van der Waals surface area contributed by atoms with Crippen LogP contribution in [-0.4, -0.2) is 11.8 Å². The van der Waals surface area contributed by atoms with E-state index in [4.69, 9.17) is 21.1 Å². The molecule has 204 valence electrons. The van der Waals surface area contributed by atoms with E-state index in [2.05, 4.69) is 19.1 Å². The van der Waals surface area contributed by atoms with Crippen molar-refractivity contribution in [2.45, 2.75) is 96.8 Å². The first kappa shape index (κ1) is 29.7. The molecule has 0 amide bonds. The number of Topliss-reactive ketones (excluding diaryl/α,β-unsaturated/α-hetero) is 1. The van der Waals surface area contributed by atoms with E-state index >= 15 is 0 Å². The van der Waals surface area contributed by atoms with Gasteiger partial charge in [0.2, 0.25) is 5.78 Å². The summed E-state index contributed by atoms with van der Waals surface area (Å²) in [6.07, 6.45) is 22.5. The van der Waals surface area contributed by atoms with E-state index in [1.54, 1.807) is 36.4 Å². The van der Waals surface area contributed by atoms with Crippen LogP contribution < -0.4 is 9.47 Å². The summed E-state index contributed by atoms with van der Waals surface area (Å²) in [4.78, 5) is 25.1. The third-order valence-electron chi connectivity index (χ3n) is 6.66.